The normalized spacial score (nSPS) is 30.6. The third-order valence-corrected chi connectivity index (χ3v) is 6.00. The van der Waals surface area contributed by atoms with Gasteiger partial charge in [0.05, 0.1) is 12.5 Å². The summed E-state index contributed by atoms with van der Waals surface area (Å²) in [6.07, 6.45) is 7.50. The van der Waals surface area contributed by atoms with Crippen LogP contribution in [-0.4, -0.2) is 42.6 Å². The van der Waals surface area contributed by atoms with Crippen molar-refractivity contribution in [2.24, 2.45) is 11.8 Å². The van der Waals surface area contributed by atoms with Crippen LogP contribution in [0.5, 0.6) is 5.75 Å². The molecule has 2 aliphatic heterocycles. The van der Waals surface area contributed by atoms with Crippen LogP contribution in [0.25, 0.3) is 0 Å². The van der Waals surface area contributed by atoms with E-state index in [0.29, 0.717) is 24.4 Å². The van der Waals surface area contributed by atoms with E-state index in [-0.39, 0.29) is 12.0 Å². The van der Waals surface area contributed by atoms with Crippen molar-refractivity contribution >= 4 is 5.91 Å². The Morgan fingerprint density at radius 2 is 1.88 bits per heavy atom. The van der Waals surface area contributed by atoms with Crippen molar-refractivity contribution in [1.29, 1.82) is 0 Å². The molecule has 5 nitrogen and oxygen atoms in total. The number of rotatable bonds is 4. The number of carbonyl (C=O) groups excluding carboxylic acids is 1. The molecule has 1 aromatic rings. The standard InChI is InChI=1S/C20H29N3O2/c24-20(18-13-21-22-19(18)15-7-3-1-4-8-15)23-12-11-17(14-23)25-16-9-5-2-6-10-16/h2,5-6,9-10,15,17-19,21-22H,1,3-4,7-8,11-14H2. The van der Waals surface area contributed by atoms with Gasteiger partial charge in [-0.3, -0.25) is 15.6 Å². The Balaban J connectivity index is 1.34. The molecular formula is C20H29N3O2. The van der Waals surface area contributed by atoms with Crippen LogP contribution in [0.4, 0.5) is 0 Å². The van der Waals surface area contributed by atoms with Gasteiger partial charge in [-0.05, 0) is 30.9 Å². The van der Waals surface area contributed by atoms with Crippen molar-refractivity contribution < 1.29 is 9.53 Å². The van der Waals surface area contributed by atoms with Gasteiger partial charge in [0, 0.05) is 25.6 Å². The van der Waals surface area contributed by atoms with E-state index in [1.807, 2.05) is 35.2 Å². The fraction of sp³-hybridized carbons (Fsp3) is 0.650. The van der Waals surface area contributed by atoms with Crippen LogP contribution in [-0.2, 0) is 4.79 Å². The van der Waals surface area contributed by atoms with Gasteiger partial charge in [-0.1, -0.05) is 37.5 Å². The number of hydrogen-bond acceptors (Lipinski definition) is 4. The van der Waals surface area contributed by atoms with Crippen LogP contribution in [0.15, 0.2) is 30.3 Å². The van der Waals surface area contributed by atoms with Gasteiger partial charge in [-0.2, -0.15) is 0 Å². The molecule has 0 aromatic heterocycles. The third kappa shape index (κ3) is 3.82. The zero-order chi connectivity index (χ0) is 17.1. The first kappa shape index (κ1) is 16.9. The molecule has 1 saturated carbocycles. The number of carbonyl (C=O) groups is 1. The zero-order valence-electron chi connectivity index (χ0n) is 14.8. The lowest BCUT2D eigenvalue weighted by molar-refractivity contribution is -0.135. The number of amides is 1. The summed E-state index contributed by atoms with van der Waals surface area (Å²) in [6, 6.07) is 10.2. The SMILES string of the molecule is O=C(C1CNNC1C1CCCCC1)N1CCC(Oc2ccccc2)C1. The molecule has 0 spiro atoms. The van der Waals surface area contributed by atoms with Crippen LogP contribution in [0.3, 0.4) is 0 Å². The highest BCUT2D eigenvalue weighted by Crippen LogP contribution is 2.32. The minimum absolute atomic E-state index is 0.0681. The Kier molecular flexibility index (Phi) is 5.22. The number of nitrogens with one attached hydrogen (secondary N) is 2. The second-order valence-electron chi connectivity index (χ2n) is 7.68. The number of nitrogens with zero attached hydrogens (tertiary/aromatic N) is 1. The van der Waals surface area contributed by atoms with Crippen molar-refractivity contribution in [2.75, 3.05) is 19.6 Å². The molecule has 3 fully saturated rings. The first-order valence-electron chi connectivity index (χ1n) is 9.80. The van der Waals surface area contributed by atoms with Gasteiger partial charge < -0.3 is 9.64 Å². The van der Waals surface area contributed by atoms with Gasteiger partial charge >= 0.3 is 0 Å². The van der Waals surface area contributed by atoms with Gasteiger partial charge in [0.2, 0.25) is 5.91 Å². The summed E-state index contributed by atoms with van der Waals surface area (Å²) >= 11 is 0. The number of hydrazine groups is 1. The Bertz CT molecular complexity index is 574. The first-order valence-corrected chi connectivity index (χ1v) is 9.80. The zero-order valence-corrected chi connectivity index (χ0v) is 14.8. The molecule has 3 aliphatic rings. The van der Waals surface area contributed by atoms with Gasteiger partial charge in [0.15, 0.2) is 0 Å². The van der Waals surface area contributed by atoms with Crippen molar-refractivity contribution in [3.63, 3.8) is 0 Å². The predicted molar refractivity (Wildman–Crippen MR) is 97.0 cm³/mol. The van der Waals surface area contributed by atoms with E-state index in [9.17, 15) is 4.79 Å². The summed E-state index contributed by atoms with van der Waals surface area (Å²) < 4.78 is 6.04. The van der Waals surface area contributed by atoms with Gasteiger partial charge in [-0.15, -0.1) is 0 Å². The topological polar surface area (TPSA) is 53.6 Å². The highest BCUT2D eigenvalue weighted by molar-refractivity contribution is 5.80. The lowest BCUT2D eigenvalue weighted by Gasteiger charge is -2.32. The van der Waals surface area contributed by atoms with E-state index in [1.54, 1.807) is 0 Å². The highest BCUT2D eigenvalue weighted by atomic mass is 16.5. The molecule has 3 unspecified atom stereocenters. The molecule has 3 atom stereocenters. The van der Waals surface area contributed by atoms with Gasteiger partial charge in [0.1, 0.15) is 11.9 Å². The summed E-state index contributed by atoms with van der Waals surface area (Å²) in [4.78, 5) is 15.1. The third-order valence-electron chi connectivity index (χ3n) is 6.00. The summed E-state index contributed by atoms with van der Waals surface area (Å²) in [5.74, 6) is 1.90. The molecule has 0 bridgehead atoms. The number of para-hydroxylation sites is 1. The molecule has 25 heavy (non-hydrogen) atoms. The molecule has 1 aromatic carbocycles. The number of benzene rings is 1. The average molecular weight is 343 g/mol. The summed E-state index contributed by atoms with van der Waals surface area (Å²) in [5.41, 5.74) is 6.65. The van der Waals surface area contributed by atoms with E-state index in [0.717, 1.165) is 25.3 Å². The van der Waals surface area contributed by atoms with Crippen molar-refractivity contribution in [3.05, 3.63) is 30.3 Å². The molecule has 2 N–H and O–H groups in total. The summed E-state index contributed by atoms with van der Waals surface area (Å²) in [6.45, 7) is 2.27. The second-order valence-corrected chi connectivity index (χ2v) is 7.68. The van der Waals surface area contributed by atoms with E-state index in [1.165, 1.54) is 32.1 Å². The quantitative estimate of drug-likeness (QED) is 0.881. The lowest BCUT2D eigenvalue weighted by atomic mass is 9.79. The van der Waals surface area contributed by atoms with E-state index in [4.69, 9.17) is 4.74 Å². The van der Waals surface area contributed by atoms with Crippen molar-refractivity contribution in [2.45, 2.75) is 50.7 Å². The Labute approximate surface area is 150 Å². The molecule has 2 heterocycles. The fourth-order valence-corrected chi connectivity index (χ4v) is 4.65. The van der Waals surface area contributed by atoms with Crippen molar-refractivity contribution in [3.8, 4) is 5.75 Å². The van der Waals surface area contributed by atoms with Crippen LogP contribution < -0.4 is 15.6 Å². The molecule has 0 radical (unpaired) electrons. The number of ether oxygens (including phenoxy) is 1. The predicted octanol–water partition coefficient (Wildman–Crippen LogP) is 2.34. The first-order chi connectivity index (χ1) is 12.3. The molecule has 4 rings (SSSR count). The highest BCUT2D eigenvalue weighted by Gasteiger charge is 2.41. The fourth-order valence-electron chi connectivity index (χ4n) is 4.65. The van der Waals surface area contributed by atoms with Crippen LogP contribution >= 0.6 is 0 Å². The molecule has 1 amide bonds. The van der Waals surface area contributed by atoms with Gasteiger partial charge in [-0.25, -0.2) is 0 Å². The van der Waals surface area contributed by atoms with Gasteiger partial charge in [0.25, 0.3) is 0 Å². The maximum absolute atomic E-state index is 13.1. The largest absolute Gasteiger partial charge is 0.489 e. The molecule has 2 saturated heterocycles. The van der Waals surface area contributed by atoms with E-state index in [2.05, 4.69) is 10.9 Å². The Hall–Kier alpha value is -1.59. The van der Waals surface area contributed by atoms with Crippen LogP contribution in [0, 0.1) is 11.8 Å². The number of hydrogen-bond donors (Lipinski definition) is 2. The Morgan fingerprint density at radius 1 is 1.08 bits per heavy atom. The molecular weight excluding hydrogens is 314 g/mol. The Morgan fingerprint density at radius 3 is 2.68 bits per heavy atom. The number of likely N-dealkylation sites (tertiary alicyclic amines) is 1. The maximum atomic E-state index is 13.1. The maximum Gasteiger partial charge on any atom is 0.228 e. The smallest absolute Gasteiger partial charge is 0.228 e. The monoisotopic (exact) mass is 343 g/mol. The minimum Gasteiger partial charge on any atom is -0.489 e. The lowest BCUT2D eigenvalue weighted by Crippen LogP contribution is -2.45. The average Bonchev–Trinajstić information content (AvgIpc) is 3.32. The summed E-state index contributed by atoms with van der Waals surface area (Å²) in [7, 11) is 0. The molecule has 5 heteroatoms. The van der Waals surface area contributed by atoms with Crippen molar-refractivity contribution in [1.82, 2.24) is 15.8 Å². The second kappa shape index (κ2) is 7.75. The molecule has 1 aliphatic carbocycles. The van der Waals surface area contributed by atoms with Crippen LogP contribution in [0.1, 0.15) is 38.5 Å². The van der Waals surface area contributed by atoms with E-state index >= 15 is 0 Å². The summed E-state index contributed by atoms with van der Waals surface area (Å²) in [5, 5.41) is 0. The minimum atomic E-state index is 0.0681. The van der Waals surface area contributed by atoms with E-state index < -0.39 is 0 Å². The van der Waals surface area contributed by atoms with Crippen LogP contribution in [0.2, 0.25) is 0 Å². The molecule has 136 valence electrons.